The van der Waals surface area contributed by atoms with Gasteiger partial charge in [0.05, 0.1) is 37.6 Å². The third-order valence-electron chi connectivity index (χ3n) is 4.66. The highest BCUT2D eigenvalue weighted by atomic mass is 79.9. The van der Waals surface area contributed by atoms with E-state index < -0.39 is 10.0 Å². The van der Waals surface area contributed by atoms with Gasteiger partial charge in [0.25, 0.3) is 0 Å². The van der Waals surface area contributed by atoms with Crippen molar-refractivity contribution in [1.29, 1.82) is 0 Å². The van der Waals surface area contributed by atoms with Crippen LogP contribution in [0.1, 0.15) is 5.56 Å². The van der Waals surface area contributed by atoms with E-state index in [0.29, 0.717) is 13.1 Å². The molecule has 2 N–H and O–H groups in total. The molecule has 1 amide bonds. The van der Waals surface area contributed by atoms with Crippen LogP contribution in [0.4, 0.5) is 0 Å². The predicted octanol–water partition coefficient (Wildman–Crippen LogP) is 0.655. The Morgan fingerprint density at radius 1 is 1.04 bits per heavy atom. The van der Waals surface area contributed by atoms with Crippen molar-refractivity contribution in [3.63, 3.8) is 0 Å². The number of benzene rings is 2. The molecule has 0 bridgehead atoms. The molecule has 144 valence electrons. The topological polar surface area (TPSA) is 70.9 Å². The number of quaternary nitrogens is 1. The van der Waals surface area contributed by atoms with Gasteiger partial charge in [-0.15, -0.1) is 0 Å². The summed E-state index contributed by atoms with van der Waals surface area (Å²) in [6.45, 7) is 3.73. The zero-order valence-corrected chi connectivity index (χ0v) is 17.3. The average Bonchev–Trinajstić information content (AvgIpc) is 2.68. The molecule has 1 saturated heterocycles. The molecule has 0 aliphatic carbocycles. The van der Waals surface area contributed by atoms with Crippen molar-refractivity contribution < 1.29 is 18.1 Å². The summed E-state index contributed by atoms with van der Waals surface area (Å²) in [5.41, 5.74) is 1.29. The first kappa shape index (κ1) is 20.0. The number of hydrogen-bond acceptors (Lipinski definition) is 3. The van der Waals surface area contributed by atoms with Crippen LogP contribution in [0, 0.1) is 0 Å². The molecular weight excluding hydrogens is 430 g/mol. The van der Waals surface area contributed by atoms with E-state index in [9.17, 15) is 13.2 Å². The number of nitrogens with one attached hydrogen (secondary N) is 2. The zero-order valence-electron chi connectivity index (χ0n) is 14.9. The van der Waals surface area contributed by atoms with Crippen LogP contribution in [-0.4, -0.2) is 51.9 Å². The van der Waals surface area contributed by atoms with Crippen LogP contribution in [0.3, 0.4) is 0 Å². The van der Waals surface area contributed by atoms with Gasteiger partial charge in [-0.05, 0) is 24.3 Å². The number of sulfonamides is 1. The van der Waals surface area contributed by atoms with Crippen molar-refractivity contribution in [2.24, 2.45) is 0 Å². The second-order valence-corrected chi connectivity index (χ2v) is 9.25. The third-order valence-corrected chi connectivity index (χ3v) is 6.60. The van der Waals surface area contributed by atoms with Crippen LogP contribution in [-0.2, 0) is 21.4 Å². The van der Waals surface area contributed by atoms with Crippen molar-refractivity contribution in [1.82, 2.24) is 9.62 Å². The van der Waals surface area contributed by atoms with Gasteiger partial charge in [0.2, 0.25) is 15.9 Å². The number of nitrogens with zero attached hydrogens (tertiary/aromatic N) is 1. The minimum atomic E-state index is -3.69. The quantitative estimate of drug-likeness (QED) is 0.675. The molecule has 1 aliphatic heterocycles. The molecule has 3 rings (SSSR count). The van der Waals surface area contributed by atoms with Crippen molar-refractivity contribution in [2.75, 3.05) is 32.7 Å². The molecule has 27 heavy (non-hydrogen) atoms. The minimum Gasteiger partial charge on any atom is -0.330 e. The molecule has 6 nitrogen and oxygen atoms in total. The highest BCUT2D eigenvalue weighted by Crippen LogP contribution is 2.14. The smallest absolute Gasteiger partial charge is 0.241 e. The molecule has 1 fully saturated rings. The Bertz CT molecular complexity index is 865. The highest BCUT2D eigenvalue weighted by molar-refractivity contribution is 9.10. The maximum Gasteiger partial charge on any atom is 0.241 e. The molecular formula is C19H23BrN3O3S+. The van der Waals surface area contributed by atoms with E-state index in [1.54, 1.807) is 17.0 Å². The number of halogens is 1. The van der Waals surface area contributed by atoms with Gasteiger partial charge >= 0.3 is 0 Å². The number of piperazine rings is 1. The molecule has 1 heterocycles. The molecule has 2 aromatic carbocycles. The lowest BCUT2D eigenvalue weighted by atomic mass is 10.2. The van der Waals surface area contributed by atoms with Gasteiger partial charge in [-0.2, -0.15) is 0 Å². The number of carbonyl (C=O) groups is 1. The predicted molar refractivity (Wildman–Crippen MR) is 107 cm³/mol. The van der Waals surface area contributed by atoms with Gasteiger partial charge < -0.3 is 9.80 Å². The standard InChI is InChI=1S/C19H22BrN3O3S/c20-17-6-8-18(9-7-17)27(25,26)21-14-19(24)23-12-10-22(11-13-23)15-16-4-2-1-3-5-16/h1-9,21H,10-15H2/p+1. The van der Waals surface area contributed by atoms with Crippen LogP contribution in [0.25, 0.3) is 0 Å². The number of amides is 1. The van der Waals surface area contributed by atoms with Crippen LogP contribution >= 0.6 is 15.9 Å². The van der Waals surface area contributed by atoms with Gasteiger partial charge in [-0.1, -0.05) is 46.3 Å². The van der Waals surface area contributed by atoms with E-state index in [4.69, 9.17) is 0 Å². The SMILES string of the molecule is O=C(CNS(=O)(=O)c1ccc(Br)cc1)N1CC[NH+](Cc2ccccc2)CC1. The van der Waals surface area contributed by atoms with E-state index in [-0.39, 0.29) is 17.3 Å². The van der Waals surface area contributed by atoms with E-state index in [1.165, 1.54) is 22.6 Å². The molecule has 1 aliphatic rings. The second-order valence-electron chi connectivity index (χ2n) is 6.57. The Hall–Kier alpha value is -1.74. The second kappa shape index (κ2) is 8.97. The van der Waals surface area contributed by atoms with Crippen LogP contribution < -0.4 is 9.62 Å². The molecule has 2 aromatic rings. The molecule has 0 aromatic heterocycles. The summed E-state index contributed by atoms with van der Waals surface area (Å²) in [7, 11) is -3.69. The Balaban J connectivity index is 1.47. The molecule has 0 unspecified atom stereocenters. The molecule has 0 spiro atoms. The summed E-state index contributed by atoms with van der Waals surface area (Å²) in [4.78, 5) is 15.7. The summed E-state index contributed by atoms with van der Waals surface area (Å²) >= 11 is 3.27. The summed E-state index contributed by atoms with van der Waals surface area (Å²) < 4.78 is 27.8. The maximum absolute atomic E-state index is 12.4. The summed E-state index contributed by atoms with van der Waals surface area (Å²) in [6.07, 6.45) is 0. The first-order chi connectivity index (χ1) is 12.9. The van der Waals surface area contributed by atoms with Gasteiger partial charge in [-0.25, -0.2) is 13.1 Å². The number of rotatable bonds is 6. The molecule has 8 heteroatoms. The minimum absolute atomic E-state index is 0.149. The van der Waals surface area contributed by atoms with Gasteiger partial charge in [0.1, 0.15) is 6.54 Å². The van der Waals surface area contributed by atoms with E-state index in [1.807, 2.05) is 18.2 Å². The summed E-state index contributed by atoms with van der Waals surface area (Å²) in [5.74, 6) is -0.186. The van der Waals surface area contributed by atoms with Crippen LogP contribution in [0.5, 0.6) is 0 Å². The van der Waals surface area contributed by atoms with E-state index >= 15 is 0 Å². The molecule has 0 saturated carbocycles. The average molecular weight is 453 g/mol. The molecule has 0 atom stereocenters. The monoisotopic (exact) mass is 452 g/mol. The van der Waals surface area contributed by atoms with Gasteiger partial charge in [0.15, 0.2) is 0 Å². The van der Waals surface area contributed by atoms with Crippen molar-refractivity contribution in [3.8, 4) is 0 Å². The Morgan fingerprint density at radius 2 is 1.67 bits per heavy atom. The fraction of sp³-hybridized carbons (Fsp3) is 0.316. The molecule has 0 radical (unpaired) electrons. The fourth-order valence-corrected chi connectivity index (χ4v) is 4.34. The zero-order chi connectivity index (χ0) is 19.3. The van der Waals surface area contributed by atoms with Crippen molar-refractivity contribution >= 4 is 31.9 Å². The highest BCUT2D eigenvalue weighted by Gasteiger charge is 2.25. The van der Waals surface area contributed by atoms with Gasteiger partial charge in [0, 0.05) is 10.0 Å². The summed E-state index contributed by atoms with van der Waals surface area (Å²) in [6, 6.07) is 16.6. The maximum atomic E-state index is 12.4. The fourth-order valence-electron chi connectivity index (χ4n) is 3.10. The number of carbonyl (C=O) groups excluding carboxylic acids is 1. The lowest BCUT2D eigenvalue weighted by Gasteiger charge is -2.32. The van der Waals surface area contributed by atoms with E-state index in [0.717, 1.165) is 24.1 Å². The lowest BCUT2D eigenvalue weighted by molar-refractivity contribution is -0.917. The van der Waals surface area contributed by atoms with Crippen LogP contribution in [0.2, 0.25) is 0 Å². The largest absolute Gasteiger partial charge is 0.330 e. The Labute approximate surface area is 168 Å². The Kier molecular flexibility index (Phi) is 6.64. The summed E-state index contributed by atoms with van der Waals surface area (Å²) in [5, 5.41) is 0. The van der Waals surface area contributed by atoms with E-state index in [2.05, 4.69) is 32.8 Å². The number of hydrogen-bond donors (Lipinski definition) is 2. The first-order valence-electron chi connectivity index (χ1n) is 8.84. The third kappa shape index (κ3) is 5.62. The van der Waals surface area contributed by atoms with Crippen LogP contribution in [0.15, 0.2) is 64.0 Å². The van der Waals surface area contributed by atoms with Crippen molar-refractivity contribution in [3.05, 3.63) is 64.6 Å². The lowest BCUT2D eigenvalue weighted by Crippen LogP contribution is -3.13. The Morgan fingerprint density at radius 3 is 2.30 bits per heavy atom. The first-order valence-corrected chi connectivity index (χ1v) is 11.1. The van der Waals surface area contributed by atoms with Gasteiger partial charge in [-0.3, -0.25) is 4.79 Å². The van der Waals surface area contributed by atoms with Crippen molar-refractivity contribution in [2.45, 2.75) is 11.4 Å². The normalized spacial score (nSPS) is 15.7.